The average Bonchev–Trinajstić information content (AvgIpc) is 3.48. The van der Waals surface area contributed by atoms with Crippen LogP contribution in [-0.2, 0) is 26.7 Å². The lowest BCUT2D eigenvalue weighted by Gasteiger charge is -2.33. The molecule has 3 aromatic heterocycles. The molecule has 1 saturated heterocycles. The Hall–Kier alpha value is -3.51. The standard InChI is InChI=1S/C28H30B3F2N5O3S/c1-37-26(27(35-36-37)28(29,30)31)17-11-22-24(34-14-17)23-20(33)12-19(42(2,39)40)13-21(23)38(22)25(16-7-9-41-10-8-16)15-3-5-18(32)6-4-15/h3-6,11-14,16,25H,7-10,29-31H2,1-2H3/t25-/m1/s1. The number of halogens is 2. The highest BCUT2D eigenvalue weighted by atomic mass is 32.2. The van der Waals surface area contributed by atoms with Crippen LogP contribution in [0.15, 0.2) is 53.6 Å². The van der Waals surface area contributed by atoms with Crippen molar-refractivity contribution in [2.45, 2.75) is 28.9 Å². The highest BCUT2D eigenvalue weighted by Gasteiger charge is 2.32. The third-order valence-electron chi connectivity index (χ3n) is 8.11. The highest BCUT2D eigenvalue weighted by molar-refractivity contribution is 7.90. The molecule has 0 spiro atoms. The van der Waals surface area contributed by atoms with Gasteiger partial charge in [0.2, 0.25) is 0 Å². The first-order chi connectivity index (χ1) is 19.8. The molecule has 214 valence electrons. The van der Waals surface area contributed by atoms with Crippen molar-refractivity contribution in [3.63, 3.8) is 0 Å². The molecule has 1 fully saturated rings. The average molecular weight is 587 g/mol. The van der Waals surface area contributed by atoms with Crippen LogP contribution in [-0.4, -0.2) is 76.0 Å². The second kappa shape index (κ2) is 10.3. The number of aryl methyl sites for hydroxylation is 1. The SMILES string of the molecule is BC(B)(B)c1nnn(C)c1-c1cnc2c3c(F)cc(S(C)(=O)=O)cc3n([C@H](c3ccc(F)cc3)C3CCOCC3)c2c1. The summed E-state index contributed by atoms with van der Waals surface area (Å²) in [5.41, 5.74) is 4.61. The Morgan fingerprint density at radius 2 is 1.74 bits per heavy atom. The molecule has 1 atom stereocenters. The van der Waals surface area contributed by atoms with Crippen LogP contribution in [0.5, 0.6) is 0 Å². The van der Waals surface area contributed by atoms with Gasteiger partial charge in [-0.25, -0.2) is 21.9 Å². The molecule has 8 nitrogen and oxygen atoms in total. The number of hydrogen-bond acceptors (Lipinski definition) is 6. The van der Waals surface area contributed by atoms with Gasteiger partial charge in [-0.05, 0) is 54.7 Å². The predicted molar refractivity (Wildman–Crippen MR) is 166 cm³/mol. The number of pyridine rings is 1. The van der Waals surface area contributed by atoms with Crippen molar-refractivity contribution in [1.29, 1.82) is 0 Å². The predicted octanol–water partition coefficient (Wildman–Crippen LogP) is 1.69. The first-order valence-electron chi connectivity index (χ1n) is 13.9. The van der Waals surface area contributed by atoms with E-state index in [2.05, 4.69) is 33.9 Å². The number of benzene rings is 2. The molecule has 5 aromatic rings. The van der Waals surface area contributed by atoms with Gasteiger partial charge in [0.05, 0.1) is 67.8 Å². The Bertz CT molecular complexity index is 1930. The van der Waals surface area contributed by atoms with Crippen molar-refractivity contribution in [3.05, 3.63) is 71.6 Å². The molecular weight excluding hydrogens is 557 g/mol. The smallest absolute Gasteiger partial charge is 0.175 e. The molecule has 1 aliphatic rings. The maximum Gasteiger partial charge on any atom is 0.175 e. The Kier molecular flexibility index (Phi) is 7.04. The van der Waals surface area contributed by atoms with Crippen LogP contribution >= 0.6 is 0 Å². The second-order valence-electron chi connectivity index (χ2n) is 12.1. The van der Waals surface area contributed by atoms with Crippen LogP contribution in [0.4, 0.5) is 8.78 Å². The van der Waals surface area contributed by atoms with E-state index in [-0.39, 0.29) is 33.2 Å². The molecule has 6 rings (SSSR count). The summed E-state index contributed by atoms with van der Waals surface area (Å²) in [5.74, 6) is -0.973. The maximum atomic E-state index is 15.9. The van der Waals surface area contributed by atoms with Crippen molar-refractivity contribution in [3.8, 4) is 11.3 Å². The fourth-order valence-electron chi connectivity index (χ4n) is 6.10. The van der Waals surface area contributed by atoms with Gasteiger partial charge in [-0.1, -0.05) is 22.5 Å². The zero-order valence-electron chi connectivity index (χ0n) is 24.2. The number of nitrogens with zero attached hydrogens (tertiary/aromatic N) is 5. The maximum absolute atomic E-state index is 15.9. The fraction of sp³-hybridized carbons (Fsp3) is 0.321. The van der Waals surface area contributed by atoms with E-state index in [0.29, 0.717) is 29.8 Å². The van der Waals surface area contributed by atoms with Crippen LogP contribution in [0, 0.1) is 17.6 Å². The monoisotopic (exact) mass is 587 g/mol. The van der Waals surface area contributed by atoms with E-state index < -0.39 is 15.7 Å². The molecular formula is C28H30B3F2N5O3S. The summed E-state index contributed by atoms with van der Waals surface area (Å²) >= 11 is 0. The summed E-state index contributed by atoms with van der Waals surface area (Å²) in [6.45, 7) is 1.11. The Labute approximate surface area is 245 Å². The van der Waals surface area contributed by atoms with Crippen LogP contribution < -0.4 is 0 Å². The molecule has 0 aliphatic carbocycles. The molecule has 0 N–H and O–H groups in total. The Morgan fingerprint density at radius 1 is 1.05 bits per heavy atom. The van der Waals surface area contributed by atoms with Crippen LogP contribution in [0.25, 0.3) is 33.2 Å². The second-order valence-corrected chi connectivity index (χ2v) is 14.2. The van der Waals surface area contributed by atoms with E-state index in [9.17, 15) is 12.8 Å². The molecule has 42 heavy (non-hydrogen) atoms. The van der Waals surface area contributed by atoms with Crippen molar-refractivity contribution in [2.24, 2.45) is 13.0 Å². The van der Waals surface area contributed by atoms with Gasteiger partial charge in [-0.15, -0.1) is 5.10 Å². The van der Waals surface area contributed by atoms with E-state index in [1.807, 2.05) is 17.7 Å². The number of aromatic nitrogens is 5. The highest BCUT2D eigenvalue weighted by Crippen LogP contribution is 2.42. The Morgan fingerprint density at radius 3 is 2.38 bits per heavy atom. The fourth-order valence-corrected chi connectivity index (χ4v) is 6.75. The third-order valence-corrected chi connectivity index (χ3v) is 9.20. The van der Waals surface area contributed by atoms with Gasteiger partial charge >= 0.3 is 0 Å². The zero-order valence-corrected chi connectivity index (χ0v) is 25.0. The van der Waals surface area contributed by atoms with Crippen molar-refractivity contribution in [1.82, 2.24) is 24.5 Å². The summed E-state index contributed by atoms with van der Waals surface area (Å²) < 4.78 is 64.7. The van der Waals surface area contributed by atoms with E-state index in [0.717, 1.165) is 47.7 Å². The summed E-state index contributed by atoms with van der Waals surface area (Å²) in [4.78, 5) is 4.66. The summed E-state index contributed by atoms with van der Waals surface area (Å²) in [7, 11) is 4.26. The number of rotatable bonds is 6. The van der Waals surface area contributed by atoms with Gasteiger partial charge in [0, 0.05) is 38.3 Å². The number of sulfone groups is 1. The molecule has 0 saturated carbocycles. The van der Waals surface area contributed by atoms with Gasteiger partial charge < -0.3 is 9.30 Å². The third kappa shape index (κ3) is 4.94. The number of ether oxygens (including phenoxy) is 1. The van der Waals surface area contributed by atoms with Crippen molar-refractivity contribution < 1.29 is 21.9 Å². The van der Waals surface area contributed by atoms with Gasteiger partial charge in [-0.3, -0.25) is 4.98 Å². The van der Waals surface area contributed by atoms with Gasteiger partial charge in [0.25, 0.3) is 0 Å². The van der Waals surface area contributed by atoms with Crippen molar-refractivity contribution in [2.75, 3.05) is 19.5 Å². The molecule has 4 heterocycles. The molecule has 0 unspecified atom stereocenters. The first-order valence-corrected chi connectivity index (χ1v) is 15.8. The summed E-state index contributed by atoms with van der Waals surface area (Å²) in [5, 5.41) is 8.64. The lowest BCUT2D eigenvalue weighted by molar-refractivity contribution is 0.0552. The lowest BCUT2D eigenvalue weighted by Crippen LogP contribution is -2.28. The van der Waals surface area contributed by atoms with Crippen LogP contribution in [0.1, 0.15) is 30.1 Å². The van der Waals surface area contributed by atoms with Crippen LogP contribution in [0.2, 0.25) is 0 Å². The number of hydrogen-bond donors (Lipinski definition) is 0. The molecule has 0 bridgehead atoms. The Balaban J connectivity index is 1.73. The van der Waals surface area contributed by atoms with Gasteiger partial charge in [-0.2, -0.15) is 0 Å². The quantitative estimate of drug-likeness (QED) is 0.281. The normalized spacial score (nSPS) is 15.9. The van der Waals surface area contributed by atoms with Gasteiger partial charge in [0.15, 0.2) is 9.84 Å². The van der Waals surface area contributed by atoms with Gasteiger partial charge in [0.1, 0.15) is 11.6 Å². The van der Waals surface area contributed by atoms with Crippen molar-refractivity contribution >= 4 is 55.3 Å². The van der Waals surface area contributed by atoms with E-state index in [1.165, 1.54) is 18.2 Å². The van der Waals surface area contributed by atoms with E-state index in [4.69, 9.17) is 9.72 Å². The first kappa shape index (κ1) is 28.6. The molecule has 14 heteroatoms. The minimum atomic E-state index is -3.73. The molecule has 0 radical (unpaired) electrons. The molecule has 1 aliphatic heterocycles. The largest absolute Gasteiger partial charge is 0.381 e. The van der Waals surface area contributed by atoms with E-state index in [1.54, 1.807) is 23.0 Å². The van der Waals surface area contributed by atoms with Crippen LogP contribution in [0.3, 0.4) is 0 Å². The van der Waals surface area contributed by atoms with E-state index >= 15 is 4.39 Å². The molecule has 0 amide bonds. The molecule has 2 aromatic carbocycles. The summed E-state index contributed by atoms with van der Waals surface area (Å²) in [6, 6.07) is 10.5. The topological polar surface area (TPSA) is 91.9 Å². The number of fused-ring (bicyclic) bond motifs is 3. The summed E-state index contributed by atoms with van der Waals surface area (Å²) in [6.07, 6.45) is 4.20. The zero-order chi connectivity index (χ0) is 30.0. The minimum Gasteiger partial charge on any atom is -0.381 e. The minimum absolute atomic E-state index is 0.0557. The lowest BCUT2D eigenvalue weighted by atomic mass is 9.41.